The number of benzene rings is 1. The molecular formula is C19H31Cl2N3O2. The van der Waals surface area contributed by atoms with Crippen LogP contribution in [0.4, 0.5) is 0 Å². The van der Waals surface area contributed by atoms with Crippen LogP contribution in [0.5, 0.6) is 0 Å². The number of carbonyl (C=O) groups excluding carboxylic acids is 1. The zero-order chi connectivity index (χ0) is 17.0. The van der Waals surface area contributed by atoms with E-state index in [1.54, 1.807) is 0 Å². The summed E-state index contributed by atoms with van der Waals surface area (Å²) >= 11 is 0. The molecule has 0 aliphatic carbocycles. The van der Waals surface area contributed by atoms with Crippen LogP contribution in [0.1, 0.15) is 37.8 Å². The fraction of sp³-hybridized carbons (Fsp3) is 0.632. The molecule has 0 radical (unpaired) electrons. The van der Waals surface area contributed by atoms with Gasteiger partial charge < -0.3 is 15.8 Å². The lowest BCUT2D eigenvalue weighted by Crippen LogP contribution is -2.52. The molecule has 2 atom stereocenters. The highest BCUT2D eigenvalue weighted by molar-refractivity contribution is 5.85. The van der Waals surface area contributed by atoms with Crippen molar-refractivity contribution in [3.63, 3.8) is 0 Å². The van der Waals surface area contributed by atoms with Crippen molar-refractivity contribution >= 4 is 30.7 Å². The number of carbonyl (C=O) groups is 1. The van der Waals surface area contributed by atoms with Crippen LogP contribution in [-0.4, -0.2) is 49.7 Å². The molecule has 1 amide bonds. The maximum absolute atomic E-state index is 12.8. The van der Waals surface area contributed by atoms with Crippen molar-refractivity contribution in [2.24, 2.45) is 11.1 Å². The number of nitrogens with one attached hydrogen (secondary N) is 1. The second kappa shape index (κ2) is 10.5. The van der Waals surface area contributed by atoms with Gasteiger partial charge in [0.2, 0.25) is 5.91 Å². The van der Waals surface area contributed by atoms with Crippen molar-refractivity contribution in [1.82, 2.24) is 10.2 Å². The number of hydrogen-bond donors (Lipinski definition) is 2. The second-order valence-corrected chi connectivity index (χ2v) is 7.14. The van der Waals surface area contributed by atoms with Gasteiger partial charge in [0.25, 0.3) is 0 Å². The molecule has 1 aromatic carbocycles. The number of ether oxygens (including phenoxy) is 1. The minimum atomic E-state index is -0.434. The molecule has 0 saturated carbocycles. The second-order valence-electron chi connectivity index (χ2n) is 7.14. The molecule has 0 aromatic heterocycles. The van der Waals surface area contributed by atoms with Gasteiger partial charge >= 0.3 is 0 Å². The van der Waals surface area contributed by atoms with Crippen LogP contribution in [0.15, 0.2) is 30.3 Å². The maximum Gasteiger partial charge on any atom is 0.227 e. The Hall–Kier alpha value is -0.850. The van der Waals surface area contributed by atoms with Crippen molar-refractivity contribution in [1.29, 1.82) is 0 Å². The van der Waals surface area contributed by atoms with Gasteiger partial charge in [-0.2, -0.15) is 0 Å². The van der Waals surface area contributed by atoms with E-state index in [0.29, 0.717) is 25.8 Å². The summed E-state index contributed by atoms with van der Waals surface area (Å²) in [7, 11) is 0. The van der Waals surface area contributed by atoms with Crippen LogP contribution >= 0.6 is 24.8 Å². The molecule has 0 bridgehead atoms. The molecule has 2 unspecified atom stereocenters. The molecule has 5 nitrogen and oxygen atoms in total. The molecule has 1 aromatic rings. The van der Waals surface area contributed by atoms with Crippen LogP contribution in [0, 0.1) is 5.41 Å². The van der Waals surface area contributed by atoms with Crippen molar-refractivity contribution in [2.45, 2.75) is 38.3 Å². The molecular weight excluding hydrogens is 373 g/mol. The lowest BCUT2D eigenvalue weighted by molar-refractivity contribution is -0.136. The predicted octanol–water partition coefficient (Wildman–Crippen LogP) is 2.54. The third kappa shape index (κ3) is 5.11. The van der Waals surface area contributed by atoms with E-state index < -0.39 is 5.41 Å². The van der Waals surface area contributed by atoms with E-state index in [1.165, 1.54) is 5.56 Å². The van der Waals surface area contributed by atoms with E-state index in [4.69, 9.17) is 10.5 Å². The predicted molar refractivity (Wildman–Crippen MR) is 109 cm³/mol. The fourth-order valence-corrected chi connectivity index (χ4v) is 3.82. The molecule has 3 N–H and O–H groups in total. The number of nitrogens with two attached hydrogens (primary N) is 1. The summed E-state index contributed by atoms with van der Waals surface area (Å²) in [6.45, 7) is 5.82. The van der Waals surface area contributed by atoms with Gasteiger partial charge in [0.15, 0.2) is 0 Å². The Labute approximate surface area is 168 Å². The van der Waals surface area contributed by atoms with Crippen molar-refractivity contribution in [3.05, 3.63) is 35.9 Å². The molecule has 2 aliphatic rings. The van der Waals surface area contributed by atoms with Crippen molar-refractivity contribution < 1.29 is 9.53 Å². The fourth-order valence-electron chi connectivity index (χ4n) is 3.82. The van der Waals surface area contributed by atoms with Gasteiger partial charge in [-0.15, -0.1) is 24.8 Å². The largest absolute Gasteiger partial charge is 0.381 e. The molecule has 2 heterocycles. The lowest BCUT2D eigenvalue weighted by atomic mass is 9.79. The monoisotopic (exact) mass is 403 g/mol. The number of halogens is 2. The first kappa shape index (κ1) is 23.2. The Bertz CT molecular complexity index is 553. The molecule has 2 fully saturated rings. The highest BCUT2D eigenvalue weighted by atomic mass is 35.5. The van der Waals surface area contributed by atoms with E-state index >= 15 is 0 Å². The van der Waals surface area contributed by atoms with Gasteiger partial charge in [-0.3, -0.25) is 9.69 Å². The summed E-state index contributed by atoms with van der Waals surface area (Å²) in [5, 5.41) is 3.26. The highest BCUT2D eigenvalue weighted by Crippen LogP contribution is 2.31. The minimum absolute atomic E-state index is 0. The van der Waals surface area contributed by atoms with Crippen LogP contribution in [0.2, 0.25) is 0 Å². The van der Waals surface area contributed by atoms with Gasteiger partial charge in [0.1, 0.15) is 0 Å². The summed E-state index contributed by atoms with van der Waals surface area (Å²) in [5.41, 5.74) is 6.83. The Morgan fingerprint density at radius 1 is 1.31 bits per heavy atom. The Kier molecular flexibility index (Phi) is 9.34. The number of amides is 1. The first-order valence-corrected chi connectivity index (χ1v) is 9.02. The molecule has 3 rings (SSSR count). The molecule has 7 heteroatoms. The highest BCUT2D eigenvalue weighted by Gasteiger charge is 2.40. The number of likely N-dealkylation sites (tertiary alicyclic amines) is 1. The number of rotatable bonds is 5. The summed E-state index contributed by atoms with van der Waals surface area (Å²) in [4.78, 5) is 15.2. The van der Waals surface area contributed by atoms with Crippen LogP contribution in [-0.2, 0) is 9.53 Å². The molecule has 26 heavy (non-hydrogen) atoms. The normalized spacial score (nSPS) is 23.4. The number of hydrogen-bond acceptors (Lipinski definition) is 4. The zero-order valence-corrected chi connectivity index (χ0v) is 17.0. The van der Waals surface area contributed by atoms with Gasteiger partial charge in [-0.1, -0.05) is 30.3 Å². The van der Waals surface area contributed by atoms with E-state index in [-0.39, 0.29) is 36.8 Å². The molecule has 2 aliphatic heterocycles. The Morgan fingerprint density at radius 2 is 1.96 bits per heavy atom. The quantitative estimate of drug-likeness (QED) is 0.792. The Morgan fingerprint density at radius 3 is 2.58 bits per heavy atom. The van der Waals surface area contributed by atoms with Crippen LogP contribution < -0.4 is 11.1 Å². The van der Waals surface area contributed by atoms with Crippen molar-refractivity contribution in [2.75, 3.05) is 32.8 Å². The smallest absolute Gasteiger partial charge is 0.227 e. The third-order valence-corrected chi connectivity index (χ3v) is 5.71. The standard InChI is InChI=1S/C19H29N3O2.2ClH/c1-15(16-5-3-2-4-6-16)22-10-7-17(13-22)21-18(23)19(14-20)8-11-24-12-9-19;;/h2-6,15,17H,7-14,20H2,1H3,(H,21,23);2*1H. The third-order valence-electron chi connectivity index (χ3n) is 5.71. The van der Waals surface area contributed by atoms with Gasteiger partial charge in [-0.05, 0) is 31.7 Å². The maximum atomic E-state index is 12.8. The van der Waals surface area contributed by atoms with E-state index in [2.05, 4.69) is 41.4 Å². The van der Waals surface area contributed by atoms with Crippen molar-refractivity contribution in [3.8, 4) is 0 Å². The average molecular weight is 404 g/mol. The summed E-state index contributed by atoms with van der Waals surface area (Å²) in [6.07, 6.45) is 2.46. The number of nitrogens with zero attached hydrogens (tertiary/aromatic N) is 1. The summed E-state index contributed by atoms with van der Waals surface area (Å²) in [6, 6.07) is 11.1. The Balaban J connectivity index is 0.00000169. The SMILES string of the molecule is CC(c1ccccc1)N1CCC(NC(=O)C2(CN)CCOCC2)C1.Cl.Cl. The average Bonchev–Trinajstić information content (AvgIpc) is 3.10. The molecule has 2 saturated heterocycles. The topological polar surface area (TPSA) is 67.6 Å². The zero-order valence-electron chi connectivity index (χ0n) is 15.4. The summed E-state index contributed by atoms with van der Waals surface area (Å²) in [5.74, 6) is 0.118. The van der Waals surface area contributed by atoms with Gasteiger partial charge in [-0.25, -0.2) is 0 Å². The first-order chi connectivity index (χ1) is 11.6. The van der Waals surface area contributed by atoms with Gasteiger partial charge in [0, 0.05) is 44.9 Å². The molecule has 0 spiro atoms. The lowest BCUT2D eigenvalue weighted by Gasteiger charge is -2.35. The minimum Gasteiger partial charge on any atom is -0.381 e. The summed E-state index contributed by atoms with van der Waals surface area (Å²) < 4.78 is 5.40. The van der Waals surface area contributed by atoms with E-state index in [1.807, 2.05) is 6.07 Å². The first-order valence-electron chi connectivity index (χ1n) is 9.02. The van der Waals surface area contributed by atoms with Gasteiger partial charge in [0.05, 0.1) is 5.41 Å². The van der Waals surface area contributed by atoms with E-state index in [9.17, 15) is 4.79 Å². The molecule has 148 valence electrons. The van der Waals surface area contributed by atoms with E-state index in [0.717, 1.165) is 32.4 Å². The van der Waals surface area contributed by atoms with Crippen LogP contribution in [0.3, 0.4) is 0 Å². The van der Waals surface area contributed by atoms with Crippen LogP contribution in [0.25, 0.3) is 0 Å².